The number of benzene rings is 3. The lowest BCUT2D eigenvalue weighted by Crippen LogP contribution is -2.36. The summed E-state index contributed by atoms with van der Waals surface area (Å²) in [7, 11) is 2.58. The summed E-state index contributed by atoms with van der Waals surface area (Å²) in [5.74, 6) is -0.728. The Hall–Kier alpha value is -4.96. The molecule has 2 fully saturated rings. The van der Waals surface area contributed by atoms with Crippen LogP contribution < -0.4 is 26.0 Å². The van der Waals surface area contributed by atoms with E-state index in [9.17, 15) is 23.6 Å². The molecule has 0 saturated carbocycles. The number of anilines is 3. The monoisotopic (exact) mass is 855 g/mol. The molecule has 0 aliphatic carbocycles. The number of halogens is 3. The maximum atomic E-state index is 14.5. The van der Waals surface area contributed by atoms with Crippen molar-refractivity contribution in [1.82, 2.24) is 0 Å². The van der Waals surface area contributed by atoms with Crippen LogP contribution in [0, 0.1) is 5.82 Å². The third-order valence-electron chi connectivity index (χ3n) is 9.40. The molecule has 0 bridgehead atoms. The predicted octanol–water partition coefficient (Wildman–Crippen LogP) is 7.25. The molecule has 7 rings (SSSR count). The minimum absolute atomic E-state index is 0.0171. The molecule has 2 atom stereocenters. The summed E-state index contributed by atoms with van der Waals surface area (Å²) < 4.78 is 47.0. The van der Waals surface area contributed by atoms with Gasteiger partial charge >= 0.3 is 11.9 Å². The molecule has 2 saturated heterocycles. The zero-order valence-electron chi connectivity index (χ0n) is 31.1. The average molecular weight is 857 g/mol. The first-order chi connectivity index (χ1) is 26.9. The van der Waals surface area contributed by atoms with Crippen LogP contribution in [0.4, 0.5) is 21.8 Å². The van der Waals surface area contributed by atoms with Gasteiger partial charge in [0.2, 0.25) is 0 Å². The highest BCUT2D eigenvalue weighted by atomic mass is 79.9. The largest absolute Gasteiger partial charge is 0.465 e. The van der Waals surface area contributed by atoms with Gasteiger partial charge < -0.3 is 42.9 Å². The molecule has 1 N–H and O–H groups in total. The fourth-order valence-electron chi connectivity index (χ4n) is 6.44. The predicted molar refractivity (Wildman–Crippen MR) is 215 cm³/mol. The first-order valence-electron chi connectivity index (χ1n) is 17.8. The maximum Gasteiger partial charge on any atom is 0.337 e. The molecule has 16 heteroatoms. The zero-order valence-corrected chi connectivity index (χ0v) is 33.5. The van der Waals surface area contributed by atoms with Gasteiger partial charge in [-0.05, 0) is 50.2 Å². The van der Waals surface area contributed by atoms with Crippen LogP contribution in [0.15, 0.2) is 73.0 Å². The van der Waals surface area contributed by atoms with Crippen LogP contribution in [-0.2, 0) is 18.9 Å². The number of carbonyl (C=O) groups excluding carboxylic acids is 2. The number of fused-ring (bicyclic) bond motifs is 2. The Morgan fingerprint density at radius 1 is 0.768 bits per heavy atom. The molecule has 0 amide bonds. The van der Waals surface area contributed by atoms with E-state index < -0.39 is 23.8 Å². The number of esters is 2. The highest BCUT2D eigenvalue weighted by Gasteiger charge is 2.24. The van der Waals surface area contributed by atoms with Crippen molar-refractivity contribution >= 4 is 78.9 Å². The molecule has 2 unspecified atom stereocenters. The number of methoxy groups -OCH3 is 2. The Kier molecular flexibility index (Phi) is 13.0. The highest BCUT2D eigenvalue weighted by Crippen LogP contribution is 2.34. The summed E-state index contributed by atoms with van der Waals surface area (Å²) in [6.45, 7) is 8.48. The lowest BCUT2D eigenvalue weighted by molar-refractivity contribution is 0.0592. The van der Waals surface area contributed by atoms with Gasteiger partial charge in [-0.3, -0.25) is 9.59 Å². The van der Waals surface area contributed by atoms with Crippen LogP contribution in [0.3, 0.4) is 0 Å². The number of morpholine rings is 2. The molecule has 13 nitrogen and oxygen atoms in total. The van der Waals surface area contributed by atoms with Crippen LogP contribution in [0.2, 0.25) is 5.02 Å². The molecule has 2 aromatic heterocycles. The number of carbonyl (C=O) groups is 2. The number of alkyl halides is 1. The van der Waals surface area contributed by atoms with Crippen LogP contribution >= 0.6 is 27.5 Å². The lowest BCUT2D eigenvalue weighted by atomic mass is 10.0. The van der Waals surface area contributed by atoms with E-state index in [2.05, 4.69) is 21.2 Å². The maximum absolute atomic E-state index is 14.5. The second-order valence-corrected chi connectivity index (χ2v) is 14.8. The normalized spacial score (nSPS) is 15.5. The van der Waals surface area contributed by atoms with E-state index in [0.29, 0.717) is 92.1 Å². The molecule has 0 radical (unpaired) electrons. The Balaban J connectivity index is 0.000000198. The molecule has 3 aromatic carbocycles. The molecule has 56 heavy (non-hydrogen) atoms. The standard InChI is InChI=1S/C23H22ClFN2O5.C17H18BrNO5/c1-13(26-18-5-3-4-17(24)21(18)25)15-10-14(23(29)30-2)11-16-19(28)12-20(32-22(15)16)27-6-8-31-9-7-27;1-10(18)12-7-11(17(21)22-2)8-13-14(20)9-15(24-16(12)13)19-3-5-23-6-4-19/h3-5,10-13,26H,6-9H2,1-2H3;7-10H,3-6H2,1-2H3. The smallest absolute Gasteiger partial charge is 0.337 e. The topological polar surface area (TPSA) is 150 Å². The molecule has 2 aliphatic rings. The number of rotatable bonds is 8. The minimum atomic E-state index is -0.593. The summed E-state index contributed by atoms with van der Waals surface area (Å²) in [5.41, 5.74) is 2.29. The minimum Gasteiger partial charge on any atom is -0.465 e. The van der Waals surface area contributed by atoms with Gasteiger partial charge in [0.05, 0.1) is 79.3 Å². The Morgan fingerprint density at radius 3 is 1.70 bits per heavy atom. The van der Waals surface area contributed by atoms with Crippen LogP contribution in [0.5, 0.6) is 0 Å². The van der Waals surface area contributed by atoms with Crippen LogP contribution in [0.25, 0.3) is 21.9 Å². The summed E-state index contributed by atoms with van der Waals surface area (Å²) in [4.78, 5) is 53.5. The van der Waals surface area contributed by atoms with Crippen LogP contribution in [-0.4, -0.2) is 78.8 Å². The SMILES string of the molecule is COC(=O)c1cc(C(C)Br)c2oc(N3CCOCC3)cc(=O)c2c1.COC(=O)c1cc(C(C)Nc2cccc(Cl)c2F)c2oc(N3CCOCC3)cc(=O)c2c1. The van der Waals surface area contributed by atoms with Crippen LogP contribution in [0.1, 0.15) is 56.6 Å². The quantitative estimate of drug-likeness (QED) is 0.123. The summed E-state index contributed by atoms with van der Waals surface area (Å²) in [6, 6.07) is 13.2. The van der Waals surface area contributed by atoms with Crippen molar-refractivity contribution in [2.45, 2.75) is 24.7 Å². The van der Waals surface area contributed by atoms with Gasteiger partial charge in [-0.25, -0.2) is 14.0 Å². The van der Waals surface area contributed by atoms with E-state index in [-0.39, 0.29) is 37.3 Å². The summed E-state index contributed by atoms with van der Waals surface area (Å²) in [6.07, 6.45) is 0. The molecule has 2 aliphatic heterocycles. The van der Waals surface area contributed by atoms with Crippen molar-refractivity contribution in [2.24, 2.45) is 0 Å². The Bertz CT molecular complexity index is 2370. The van der Waals surface area contributed by atoms with Crippen molar-refractivity contribution < 1.29 is 41.8 Å². The number of hydrogen-bond donors (Lipinski definition) is 1. The van der Waals surface area contributed by atoms with Crippen molar-refractivity contribution in [1.29, 1.82) is 0 Å². The number of ether oxygens (including phenoxy) is 4. The average Bonchev–Trinajstić information content (AvgIpc) is 3.22. The van der Waals surface area contributed by atoms with Crippen molar-refractivity contribution in [2.75, 3.05) is 81.9 Å². The summed E-state index contributed by atoms with van der Waals surface area (Å²) in [5, 5.41) is 3.65. The van der Waals surface area contributed by atoms with Gasteiger partial charge in [-0.2, -0.15) is 0 Å². The third-order valence-corrected chi connectivity index (χ3v) is 10.2. The fourth-order valence-corrected chi connectivity index (χ4v) is 6.95. The lowest BCUT2D eigenvalue weighted by Gasteiger charge is -2.27. The van der Waals surface area contributed by atoms with Crippen molar-refractivity contribution in [3.8, 4) is 0 Å². The first-order valence-corrected chi connectivity index (χ1v) is 19.1. The highest BCUT2D eigenvalue weighted by molar-refractivity contribution is 9.09. The van der Waals surface area contributed by atoms with Gasteiger partial charge in [0.25, 0.3) is 0 Å². The van der Waals surface area contributed by atoms with Gasteiger partial charge in [-0.1, -0.05) is 33.6 Å². The number of nitrogens with one attached hydrogen (secondary N) is 1. The second-order valence-electron chi connectivity index (χ2n) is 13.0. The third kappa shape index (κ3) is 8.86. The first kappa shape index (κ1) is 40.7. The zero-order chi connectivity index (χ0) is 40.1. The van der Waals surface area contributed by atoms with E-state index in [1.54, 1.807) is 31.2 Å². The number of hydrogen-bond acceptors (Lipinski definition) is 13. The van der Waals surface area contributed by atoms with Gasteiger partial charge in [0.15, 0.2) is 28.4 Å². The Labute approximate surface area is 334 Å². The molecule has 5 aromatic rings. The Morgan fingerprint density at radius 2 is 1.23 bits per heavy atom. The van der Waals surface area contributed by atoms with E-state index >= 15 is 0 Å². The fraction of sp³-hybridized carbons (Fsp3) is 0.350. The number of nitrogens with zero attached hydrogens (tertiary/aromatic N) is 2. The molecular weight excluding hydrogens is 817 g/mol. The van der Waals surface area contributed by atoms with Gasteiger partial charge in [-0.15, -0.1) is 0 Å². The van der Waals surface area contributed by atoms with E-state index in [4.69, 9.17) is 39.4 Å². The molecule has 296 valence electrons. The molecule has 4 heterocycles. The van der Waals surface area contributed by atoms with Crippen molar-refractivity contribution in [3.05, 3.63) is 108 Å². The summed E-state index contributed by atoms with van der Waals surface area (Å²) >= 11 is 9.41. The molecular formula is C40H40BrClFN3O10. The van der Waals surface area contributed by atoms with Gasteiger partial charge in [0.1, 0.15) is 11.2 Å². The van der Waals surface area contributed by atoms with E-state index in [1.807, 2.05) is 16.7 Å². The van der Waals surface area contributed by atoms with Gasteiger partial charge in [0, 0.05) is 54.3 Å². The van der Waals surface area contributed by atoms with Crippen molar-refractivity contribution in [3.63, 3.8) is 0 Å². The van der Waals surface area contributed by atoms with E-state index in [1.165, 1.54) is 44.6 Å². The second kappa shape index (κ2) is 17.9. The molecule has 0 spiro atoms. The van der Waals surface area contributed by atoms with E-state index in [0.717, 1.165) is 5.56 Å².